The zero-order valence-corrected chi connectivity index (χ0v) is 24.9. The number of rotatable bonds is 1. The average molecular weight is 583 g/mol. The van der Waals surface area contributed by atoms with E-state index in [-0.39, 0.29) is 0 Å². The Morgan fingerprint density at radius 1 is 0.348 bits per heavy atom. The largest absolute Gasteiger partial charge is 0.456 e. The fourth-order valence-electron chi connectivity index (χ4n) is 8.91. The minimum Gasteiger partial charge on any atom is -0.456 e. The number of ether oxygens (including phenoxy) is 1. The first-order chi connectivity index (χ1) is 22.8. The maximum Gasteiger partial charge on any atom is 0.135 e. The summed E-state index contributed by atoms with van der Waals surface area (Å²) in [6.45, 7) is 0. The van der Waals surface area contributed by atoms with Crippen LogP contribution in [0.4, 0.5) is 0 Å². The molecule has 1 nitrogen and oxygen atoms in total. The van der Waals surface area contributed by atoms with Crippen molar-refractivity contribution in [2.45, 2.75) is 5.41 Å². The van der Waals surface area contributed by atoms with Crippen molar-refractivity contribution in [3.05, 3.63) is 180 Å². The van der Waals surface area contributed by atoms with Gasteiger partial charge >= 0.3 is 0 Å². The smallest absolute Gasteiger partial charge is 0.135 e. The fourth-order valence-corrected chi connectivity index (χ4v) is 8.91. The maximum atomic E-state index is 6.48. The number of fused-ring (bicyclic) bond motifs is 13. The van der Waals surface area contributed by atoms with Gasteiger partial charge in [-0.2, -0.15) is 0 Å². The van der Waals surface area contributed by atoms with Crippen LogP contribution in [0, 0.1) is 0 Å². The Morgan fingerprint density at radius 2 is 0.978 bits per heavy atom. The molecule has 11 rings (SSSR count). The van der Waals surface area contributed by atoms with Crippen LogP contribution in [0.5, 0.6) is 11.5 Å². The third-order valence-corrected chi connectivity index (χ3v) is 10.7. The van der Waals surface area contributed by atoms with Gasteiger partial charge < -0.3 is 4.74 Å². The average Bonchev–Trinajstić information content (AvgIpc) is 3.58. The summed E-state index contributed by atoms with van der Waals surface area (Å²) in [6.07, 6.45) is 0. The lowest BCUT2D eigenvalue weighted by atomic mass is 9.70. The molecular formula is C45H26O. The van der Waals surface area contributed by atoms with E-state index in [0.717, 1.165) is 17.1 Å². The Labute approximate surface area is 267 Å². The van der Waals surface area contributed by atoms with Gasteiger partial charge in [0, 0.05) is 10.9 Å². The minimum atomic E-state index is -0.397. The van der Waals surface area contributed by atoms with Crippen LogP contribution in [-0.4, -0.2) is 0 Å². The molecular weight excluding hydrogens is 556 g/mol. The van der Waals surface area contributed by atoms with Crippen molar-refractivity contribution in [2.24, 2.45) is 0 Å². The van der Waals surface area contributed by atoms with Crippen molar-refractivity contribution in [3.8, 4) is 56.0 Å². The molecule has 0 saturated carbocycles. The van der Waals surface area contributed by atoms with Crippen LogP contribution in [0.2, 0.25) is 0 Å². The van der Waals surface area contributed by atoms with Crippen molar-refractivity contribution in [1.82, 2.24) is 0 Å². The second-order valence-electron chi connectivity index (χ2n) is 12.8. The summed E-state index contributed by atoms with van der Waals surface area (Å²) in [5.41, 5.74) is 15.2. The first-order valence-electron chi connectivity index (χ1n) is 16.0. The highest BCUT2D eigenvalue weighted by molar-refractivity contribution is 6.12. The van der Waals surface area contributed by atoms with Gasteiger partial charge in [0.1, 0.15) is 11.5 Å². The lowest BCUT2D eigenvalue weighted by Crippen LogP contribution is -2.25. The van der Waals surface area contributed by atoms with E-state index in [1.807, 2.05) is 6.07 Å². The molecule has 0 fully saturated rings. The molecule has 1 aliphatic heterocycles. The van der Waals surface area contributed by atoms with Gasteiger partial charge in [-0.05, 0) is 102 Å². The summed E-state index contributed by atoms with van der Waals surface area (Å²) < 4.78 is 6.48. The first kappa shape index (κ1) is 24.4. The van der Waals surface area contributed by atoms with E-state index in [9.17, 15) is 0 Å². The van der Waals surface area contributed by atoms with Crippen LogP contribution in [-0.2, 0) is 5.41 Å². The van der Waals surface area contributed by atoms with Gasteiger partial charge in [-0.25, -0.2) is 0 Å². The van der Waals surface area contributed by atoms with Crippen molar-refractivity contribution >= 4 is 21.5 Å². The van der Waals surface area contributed by atoms with Gasteiger partial charge in [0.05, 0.1) is 5.41 Å². The monoisotopic (exact) mass is 582 g/mol. The van der Waals surface area contributed by atoms with Crippen molar-refractivity contribution in [2.75, 3.05) is 0 Å². The van der Waals surface area contributed by atoms with Gasteiger partial charge in [0.15, 0.2) is 0 Å². The molecule has 0 bridgehead atoms. The van der Waals surface area contributed by atoms with E-state index in [2.05, 4.69) is 152 Å². The second-order valence-corrected chi connectivity index (χ2v) is 12.8. The Bertz CT molecular complexity index is 2630. The van der Waals surface area contributed by atoms with Gasteiger partial charge in [0.2, 0.25) is 0 Å². The first-order valence-corrected chi connectivity index (χ1v) is 16.0. The van der Waals surface area contributed by atoms with E-state index in [0.29, 0.717) is 0 Å². The molecule has 0 radical (unpaired) electrons. The summed E-state index contributed by atoms with van der Waals surface area (Å²) in [5, 5.41) is 4.95. The molecule has 1 heterocycles. The van der Waals surface area contributed by atoms with Gasteiger partial charge in [-0.15, -0.1) is 0 Å². The highest BCUT2D eigenvalue weighted by atomic mass is 16.5. The molecule has 8 aromatic rings. The summed E-state index contributed by atoms with van der Waals surface area (Å²) in [6, 6.07) is 58.3. The van der Waals surface area contributed by atoms with Crippen LogP contribution < -0.4 is 4.74 Å². The van der Waals surface area contributed by atoms with Crippen molar-refractivity contribution in [1.29, 1.82) is 0 Å². The third-order valence-electron chi connectivity index (χ3n) is 10.7. The molecule has 1 heteroatoms. The summed E-state index contributed by atoms with van der Waals surface area (Å²) >= 11 is 0. The second kappa shape index (κ2) is 8.62. The van der Waals surface area contributed by atoms with Crippen LogP contribution in [0.15, 0.2) is 158 Å². The normalized spacial score (nSPS) is 16.1. The Balaban J connectivity index is 1.25. The molecule has 1 atom stereocenters. The predicted octanol–water partition coefficient (Wildman–Crippen LogP) is 11.8. The topological polar surface area (TPSA) is 9.23 Å². The van der Waals surface area contributed by atoms with E-state index >= 15 is 0 Å². The Kier molecular flexibility index (Phi) is 4.57. The predicted molar refractivity (Wildman–Crippen MR) is 189 cm³/mol. The van der Waals surface area contributed by atoms with Crippen LogP contribution >= 0.6 is 0 Å². The molecule has 212 valence electrons. The highest BCUT2D eigenvalue weighted by Gasteiger charge is 2.52. The SMILES string of the molecule is c1ccc2c(c1)Oc1ccc(-c3cccc4c3-c3ccccc3C43c4ccccc4-c4cc5ccccc5cc43)c3cccc-2c13. The maximum absolute atomic E-state index is 6.48. The molecule has 0 amide bonds. The molecule has 46 heavy (non-hydrogen) atoms. The standard InChI is InChI=1S/C45H26O/c1-2-12-28-26-40-36(25-27(28)11-1)30-13-3-6-19-37(30)45(40)38-20-7-4-15-35(38)43-32(18-10-21-39(43)45)29-23-24-42-44-33(29)16-9-17-34(44)31-14-5-8-22-41(31)46-42/h1-26H. The number of benzene rings is 8. The Hall–Kier alpha value is -5.92. The lowest BCUT2D eigenvalue weighted by Gasteiger charge is -2.30. The van der Waals surface area contributed by atoms with Crippen molar-refractivity contribution < 1.29 is 4.74 Å². The molecule has 0 aromatic heterocycles. The zero-order valence-electron chi connectivity index (χ0n) is 24.9. The van der Waals surface area contributed by atoms with Crippen LogP contribution in [0.1, 0.15) is 22.3 Å². The Morgan fingerprint density at radius 3 is 1.85 bits per heavy atom. The minimum absolute atomic E-state index is 0.397. The molecule has 1 unspecified atom stereocenters. The zero-order chi connectivity index (χ0) is 30.0. The molecule has 1 spiro atoms. The molecule has 3 aliphatic rings. The number of para-hydroxylation sites is 1. The van der Waals surface area contributed by atoms with Crippen LogP contribution in [0.3, 0.4) is 0 Å². The number of hydrogen-bond donors (Lipinski definition) is 0. The third kappa shape index (κ3) is 2.87. The van der Waals surface area contributed by atoms with E-state index in [4.69, 9.17) is 4.74 Å². The molecule has 8 aromatic carbocycles. The highest BCUT2D eigenvalue weighted by Crippen LogP contribution is 2.64. The van der Waals surface area contributed by atoms with Gasteiger partial charge in [-0.3, -0.25) is 0 Å². The molecule has 2 aliphatic carbocycles. The summed E-state index contributed by atoms with van der Waals surface area (Å²) in [4.78, 5) is 0. The summed E-state index contributed by atoms with van der Waals surface area (Å²) in [5.74, 6) is 1.83. The summed E-state index contributed by atoms with van der Waals surface area (Å²) in [7, 11) is 0. The fraction of sp³-hybridized carbons (Fsp3) is 0.0222. The quantitative estimate of drug-likeness (QED) is 0.187. The van der Waals surface area contributed by atoms with Crippen LogP contribution in [0.25, 0.3) is 66.1 Å². The van der Waals surface area contributed by atoms with Gasteiger partial charge in [0.25, 0.3) is 0 Å². The lowest BCUT2D eigenvalue weighted by molar-refractivity contribution is 0.487. The van der Waals surface area contributed by atoms with E-state index in [1.54, 1.807) is 0 Å². The van der Waals surface area contributed by atoms with E-state index in [1.165, 1.54) is 82.7 Å². The van der Waals surface area contributed by atoms with E-state index < -0.39 is 5.41 Å². The van der Waals surface area contributed by atoms with Gasteiger partial charge in [-0.1, -0.05) is 133 Å². The molecule has 0 saturated heterocycles. The van der Waals surface area contributed by atoms with Crippen molar-refractivity contribution in [3.63, 3.8) is 0 Å². The molecule has 0 N–H and O–H groups in total. The number of hydrogen-bond acceptors (Lipinski definition) is 1.